The van der Waals surface area contributed by atoms with Crippen LogP contribution in [0.3, 0.4) is 0 Å². The highest BCUT2D eigenvalue weighted by atomic mass is 16.3. The lowest BCUT2D eigenvalue weighted by molar-refractivity contribution is -0.166. The van der Waals surface area contributed by atoms with Crippen LogP contribution in [-0.4, -0.2) is 11.7 Å². The van der Waals surface area contributed by atoms with E-state index < -0.39 is 0 Å². The molecular formula is C30H50O. The van der Waals surface area contributed by atoms with Crippen molar-refractivity contribution >= 4 is 0 Å². The van der Waals surface area contributed by atoms with Crippen molar-refractivity contribution in [2.45, 2.75) is 119 Å². The van der Waals surface area contributed by atoms with Crippen molar-refractivity contribution < 1.29 is 5.11 Å². The van der Waals surface area contributed by atoms with Crippen LogP contribution in [0.15, 0.2) is 11.6 Å². The summed E-state index contributed by atoms with van der Waals surface area (Å²) in [6, 6.07) is 0. The molecule has 1 N–H and O–H groups in total. The first-order valence-electron chi connectivity index (χ1n) is 13.7. The van der Waals surface area contributed by atoms with Crippen LogP contribution in [0.2, 0.25) is 0 Å². The normalized spacial score (nSPS) is 55.9. The summed E-state index contributed by atoms with van der Waals surface area (Å²) in [6.07, 6.45) is 17.7. The number of allylic oxidation sites excluding steroid dienone is 2. The second kappa shape index (κ2) is 6.64. The van der Waals surface area contributed by atoms with E-state index in [0.717, 1.165) is 11.8 Å². The Morgan fingerprint density at radius 3 is 2.10 bits per heavy atom. The van der Waals surface area contributed by atoms with Gasteiger partial charge in [-0.25, -0.2) is 0 Å². The van der Waals surface area contributed by atoms with Gasteiger partial charge in [-0.1, -0.05) is 66.5 Å². The summed E-state index contributed by atoms with van der Waals surface area (Å²) in [6.45, 7) is 18.5. The summed E-state index contributed by atoms with van der Waals surface area (Å²) in [5.74, 6) is 2.34. The topological polar surface area (TPSA) is 20.2 Å². The monoisotopic (exact) mass is 426 g/mol. The minimum atomic E-state index is 0.141. The van der Waals surface area contributed by atoms with Crippen molar-refractivity contribution in [3.63, 3.8) is 0 Å². The first-order valence-corrected chi connectivity index (χ1v) is 13.7. The number of rotatable bonds is 1. The Morgan fingerprint density at radius 1 is 0.774 bits per heavy atom. The Morgan fingerprint density at radius 2 is 1.42 bits per heavy atom. The van der Waals surface area contributed by atoms with Gasteiger partial charge in [0, 0.05) is 6.61 Å². The number of aliphatic hydroxyl groups is 1. The van der Waals surface area contributed by atoms with E-state index >= 15 is 0 Å². The van der Waals surface area contributed by atoms with E-state index in [1.807, 2.05) is 5.57 Å². The first kappa shape index (κ1) is 22.5. The molecule has 0 aromatic rings. The van der Waals surface area contributed by atoms with Crippen LogP contribution in [0.25, 0.3) is 0 Å². The molecule has 4 fully saturated rings. The smallest absolute Gasteiger partial charge is 0.0487 e. The van der Waals surface area contributed by atoms with Gasteiger partial charge in [-0.05, 0) is 114 Å². The fourth-order valence-electron chi connectivity index (χ4n) is 11.0. The molecule has 176 valence electrons. The molecule has 0 spiro atoms. The zero-order valence-electron chi connectivity index (χ0n) is 21.7. The van der Waals surface area contributed by atoms with Gasteiger partial charge >= 0.3 is 0 Å². The second-order valence-electron chi connectivity index (χ2n) is 15.1. The van der Waals surface area contributed by atoms with E-state index in [4.69, 9.17) is 0 Å². The van der Waals surface area contributed by atoms with Crippen molar-refractivity contribution in [2.75, 3.05) is 6.61 Å². The van der Waals surface area contributed by atoms with Crippen molar-refractivity contribution in [3.8, 4) is 0 Å². The third kappa shape index (κ3) is 2.90. The number of hydrogen-bond donors (Lipinski definition) is 1. The molecule has 4 saturated carbocycles. The first-order chi connectivity index (χ1) is 14.3. The van der Waals surface area contributed by atoms with Crippen LogP contribution in [-0.2, 0) is 0 Å². The maximum Gasteiger partial charge on any atom is 0.0487 e. The molecule has 0 aromatic heterocycles. The molecule has 5 aliphatic rings. The summed E-state index contributed by atoms with van der Waals surface area (Å²) in [7, 11) is 0. The average molecular weight is 427 g/mol. The molecular weight excluding hydrogens is 376 g/mol. The minimum absolute atomic E-state index is 0.141. The quantitative estimate of drug-likeness (QED) is 0.419. The Hall–Kier alpha value is -0.300. The van der Waals surface area contributed by atoms with Gasteiger partial charge in [-0.15, -0.1) is 0 Å². The van der Waals surface area contributed by atoms with Crippen LogP contribution >= 0.6 is 0 Å². The molecule has 1 nitrogen and oxygen atoms in total. The fourth-order valence-corrected chi connectivity index (χ4v) is 11.0. The number of aliphatic hydroxyl groups excluding tert-OH is 1. The Bertz CT molecular complexity index is 779. The van der Waals surface area contributed by atoms with E-state index in [1.54, 1.807) is 0 Å². The average Bonchev–Trinajstić information content (AvgIpc) is 2.68. The molecule has 0 radical (unpaired) electrons. The number of hydrogen-bond acceptors (Lipinski definition) is 1. The molecule has 0 aromatic carbocycles. The molecule has 5 aliphatic carbocycles. The molecule has 0 aliphatic heterocycles. The minimum Gasteiger partial charge on any atom is -0.396 e. The van der Waals surface area contributed by atoms with Gasteiger partial charge in [0.05, 0.1) is 0 Å². The van der Waals surface area contributed by atoms with Crippen LogP contribution in [0.4, 0.5) is 0 Å². The maximum atomic E-state index is 10.4. The van der Waals surface area contributed by atoms with Crippen molar-refractivity contribution in [1.29, 1.82) is 0 Å². The van der Waals surface area contributed by atoms with E-state index in [1.165, 1.54) is 70.6 Å². The summed E-state index contributed by atoms with van der Waals surface area (Å²) in [5.41, 5.74) is 4.21. The molecule has 0 saturated heterocycles. The van der Waals surface area contributed by atoms with Crippen LogP contribution in [0.5, 0.6) is 0 Å². The lowest BCUT2D eigenvalue weighted by Crippen LogP contribution is -2.62. The summed E-state index contributed by atoms with van der Waals surface area (Å²) in [5, 5.41) is 10.4. The molecule has 8 atom stereocenters. The van der Waals surface area contributed by atoms with Gasteiger partial charge < -0.3 is 5.11 Å². The van der Waals surface area contributed by atoms with Crippen molar-refractivity contribution in [3.05, 3.63) is 11.6 Å². The standard InChI is InChI=1S/C30H50O/c1-25(2)17-18-26(3)14-9-22-29(6)15-10-21-27(4,20-31)12-8-13-28(21,5)23(29)11-16-30(22,7)24(26)19-25/h9,21,23-24,31H,8,10-20H2,1-7H3. The van der Waals surface area contributed by atoms with Gasteiger partial charge in [0.1, 0.15) is 0 Å². The molecule has 5 rings (SSSR count). The molecule has 1 heteroatoms. The van der Waals surface area contributed by atoms with Gasteiger partial charge in [0.25, 0.3) is 0 Å². The third-order valence-corrected chi connectivity index (χ3v) is 12.7. The Balaban J connectivity index is 1.55. The van der Waals surface area contributed by atoms with E-state index in [2.05, 4.69) is 54.5 Å². The summed E-state index contributed by atoms with van der Waals surface area (Å²) in [4.78, 5) is 0. The summed E-state index contributed by atoms with van der Waals surface area (Å²) >= 11 is 0. The SMILES string of the molecule is CC1(C)CCC2(C)CC=C3C(C)(CCC4C3(C)CCC3C(C)(CO)CCCC34C)C2C1. The Labute approximate surface area is 192 Å². The zero-order chi connectivity index (χ0) is 22.5. The van der Waals surface area contributed by atoms with E-state index in [-0.39, 0.29) is 5.41 Å². The van der Waals surface area contributed by atoms with Crippen molar-refractivity contribution in [2.24, 2.45) is 50.2 Å². The predicted octanol–water partition coefficient (Wildman–Crippen LogP) is 8.17. The fraction of sp³-hybridized carbons (Fsp3) is 0.933. The lowest BCUT2D eigenvalue weighted by Gasteiger charge is -2.70. The van der Waals surface area contributed by atoms with Gasteiger partial charge in [-0.2, -0.15) is 0 Å². The highest BCUT2D eigenvalue weighted by molar-refractivity contribution is 5.34. The van der Waals surface area contributed by atoms with Gasteiger partial charge in [-0.3, -0.25) is 0 Å². The molecule has 0 heterocycles. The van der Waals surface area contributed by atoms with Crippen molar-refractivity contribution in [1.82, 2.24) is 0 Å². The van der Waals surface area contributed by atoms with E-state index in [0.29, 0.717) is 39.6 Å². The molecule has 0 bridgehead atoms. The zero-order valence-corrected chi connectivity index (χ0v) is 21.7. The highest BCUT2D eigenvalue weighted by Gasteiger charge is 2.66. The van der Waals surface area contributed by atoms with Crippen LogP contribution in [0, 0.1) is 50.2 Å². The maximum absolute atomic E-state index is 10.4. The molecule has 8 unspecified atom stereocenters. The van der Waals surface area contributed by atoms with Gasteiger partial charge in [0.15, 0.2) is 0 Å². The summed E-state index contributed by atoms with van der Waals surface area (Å²) < 4.78 is 0. The van der Waals surface area contributed by atoms with E-state index in [9.17, 15) is 5.11 Å². The molecule has 0 amide bonds. The van der Waals surface area contributed by atoms with Crippen LogP contribution in [0.1, 0.15) is 119 Å². The van der Waals surface area contributed by atoms with Gasteiger partial charge in [0.2, 0.25) is 0 Å². The Kier molecular flexibility index (Phi) is 4.82. The second-order valence-corrected chi connectivity index (χ2v) is 15.1. The highest BCUT2D eigenvalue weighted by Crippen LogP contribution is 2.74. The number of fused-ring (bicyclic) bond motifs is 7. The molecule has 31 heavy (non-hydrogen) atoms. The van der Waals surface area contributed by atoms with Crippen LogP contribution < -0.4 is 0 Å². The predicted molar refractivity (Wildman–Crippen MR) is 131 cm³/mol. The lowest BCUT2D eigenvalue weighted by atomic mass is 9.35. The third-order valence-electron chi connectivity index (χ3n) is 12.7. The largest absolute Gasteiger partial charge is 0.396 e.